The summed E-state index contributed by atoms with van der Waals surface area (Å²) < 4.78 is 5.76. The Morgan fingerprint density at radius 1 is 0.939 bits per heavy atom. The van der Waals surface area contributed by atoms with E-state index in [0.717, 1.165) is 32.1 Å². The van der Waals surface area contributed by atoms with E-state index in [1.54, 1.807) is 6.92 Å². The number of carbonyl (C=O) groups excluding carboxylic acids is 3. The molecule has 0 bridgehead atoms. The van der Waals surface area contributed by atoms with Gasteiger partial charge in [-0.2, -0.15) is 0 Å². The standard InChI is InChI=1S/C27H48N2O4/c1-10-20(7)24-27(32)33-22(9)12-11-17(4)13-18(5)14-19(6)15-21(8)25(30)28-23(16(2)3)26(31)29-24/h15-20,22-24H,10-14H2,1-9H3,(H,28,30)(H,29,31). The van der Waals surface area contributed by atoms with Crippen LogP contribution in [0.1, 0.15) is 94.4 Å². The van der Waals surface area contributed by atoms with Gasteiger partial charge in [-0.1, -0.05) is 61.0 Å². The fourth-order valence-electron chi connectivity index (χ4n) is 4.66. The molecule has 190 valence electrons. The molecule has 0 aromatic heterocycles. The van der Waals surface area contributed by atoms with Crippen molar-refractivity contribution in [3.63, 3.8) is 0 Å². The molecule has 0 aromatic carbocycles. The van der Waals surface area contributed by atoms with Gasteiger partial charge < -0.3 is 15.4 Å². The van der Waals surface area contributed by atoms with Crippen LogP contribution in [0, 0.1) is 29.6 Å². The summed E-state index contributed by atoms with van der Waals surface area (Å²) >= 11 is 0. The highest BCUT2D eigenvalue weighted by atomic mass is 16.5. The molecule has 0 radical (unpaired) electrons. The average Bonchev–Trinajstić information content (AvgIpc) is 2.71. The van der Waals surface area contributed by atoms with Gasteiger partial charge in [0.15, 0.2) is 0 Å². The summed E-state index contributed by atoms with van der Waals surface area (Å²) in [7, 11) is 0. The van der Waals surface area contributed by atoms with Crippen molar-refractivity contribution in [2.24, 2.45) is 29.6 Å². The van der Waals surface area contributed by atoms with Crippen LogP contribution in [0.3, 0.4) is 0 Å². The lowest BCUT2D eigenvalue weighted by Gasteiger charge is -2.29. The lowest BCUT2D eigenvalue weighted by molar-refractivity contribution is -0.154. The van der Waals surface area contributed by atoms with Crippen molar-refractivity contribution in [2.45, 2.75) is 113 Å². The number of amides is 2. The summed E-state index contributed by atoms with van der Waals surface area (Å²) in [6.07, 6.45) is 6.43. The highest BCUT2D eigenvalue weighted by Crippen LogP contribution is 2.25. The number of ether oxygens (including phenoxy) is 1. The minimum absolute atomic E-state index is 0.0787. The van der Waals surface area contributed by atoms with E-state index in [1.807, 2.05) is 40.7 Å². The van der Waals surface area contributed by atoms with Gasteiger partial charge in [0, 0.05) is 5.57 Å². The van der Waals surface area contributed by atoms with Crippen LogP contribution < -0.4 is 10.6 Å². The number of rotatable bonds is 3. The topological polar surface area (TPSA) is 84.5 Å². The molecule has 33 heavy (non-hydrogen) atoms. The second kappa shape index (κ2) is 13.8. The third-order valence-corrected chi connectivity index (χ3v) is 6.86. The molecule has 0 fully saturated rings. The van der Waals surface area contributed by atoms with Gasteiger partial charge in [0.1, 0.15) is 12.1 Å². The van der Waals surface area contributed by atoms with Crippen molar-refractivity contribution in [3.8, 4) is 0 Å². The first-order valence-corrected chi connectivity index (χ1v) is 12.9. The van der Waals surface area contributed by atoms with Crippen LogP contribution in [-0.2, 0) is 19.1 Å². The predicted octanol–water partition coefficient (Wildman–Crippen LogP) is 5.02. The van der Waals surface area contributed by atoms with E-state index in [1.165, 1.54) is 0 Å². The predicted molar refractivity (Wildman–Crippen MR) is 133 cm³/mol. The quantitative estimate of drug-likeness (QED) is 0.575. The fraction of sp³-hybridized carbons (Fsp3) is 0.815. The summed E-state index contributed by atoms with van der Waals surface area (Å²) in [4.78, 5) is 39.0. The van der Waals surface area contributed by atoms with Crippen molar-refractivity contribution in [1.82, 2.24) is 10.6 Å². The number of carbonyl (C=O) groups is 3. The molecule has 6 heteroatoms. The van der Waals surface area contributed by atoms with Crippen molar-refractivity contribution < 1.29 is 19.1 Å². The zero-order valence-electron chi connectivity index (χ0n) is 22.4. The number of hydrogen-bond donors (Lipinski definition) is 2. The summed E-state index contributed by atoms with van der Waals surface area (Å²) in [5.41, 5.74) is 0.619. The number of esters is 1. The zero-order chi connectivity index (χ0) is 25.3. The smallest absolute Gasteiger partial charge is 0.329 e. The number of allylic oxidation sites excluding steroid dienone is 1. The van der Waals surface area contributed by atoms with E-state index in [4.69, 9.17) is 4.74 Å². The third-order valence-electron chi connectivity index (χ3n) is 6.86. The molecule has 0 saturated heterocycles. The molecular weight excluding hydrogens is 416 g/mol. The first kappa shape index (κ1) is 29.2. The van der Waals surface area contributed by atoms with Gasteiger partial charge in [-0.15, -0.1) is 0 Å². The Morgan fingerprint density at radius 2 is 1.58 bits per heavy atom. The molecule has 0 spiro atoms. The Morgan fingerprint density at radius 3 is 2.15 bits per heavy atom. The molecule has 2 amide bonds. The lowest BCUT2D eigenvalue weighted by atomic mass is 9.86. The Hall–Kier alpha value is -1.85. The maximum absolute atomic E-state index is 13.2. The average molecular weight is 465 g/mol. The fourth-order valence-corrected chi connectivity index (χ4v) is 4.66. The second-order valence-electron chi connectivity index (χ2n) is 10.9. The second-order valence-corrected chi connectivity index (χ2v) is 10.9. The molecule has 2 N–H and O–H groups in total. The SMILES string of the molecule is CCC(C)C1NC(=O)C(C(C)C)NC(=O)C(C)=CC(C)CC(C)CC(C)CCC(C)OC1=O. The van der Waals surface area contributed by atoms with Crippen LogP contribution in [-0.4, -0.2) is 36.0 Å². The van der Waals surface area contributed by atoms with Crippen LogP contribution in [0.2, 0.25) is 0 Å². The van der Waals surface area contributed by atoms with Gasteiger partial charge in [-0.25, -0.2) is 4.79 Å². The minimum atomic E-state index is -0.740. The molecule has 7 atom stereocenters. The maximum atomic E-state index is 13.2. The summed E-state index contributed by atoms with van der Waals surface area (Å²) in [5, 5.41) is 5.77. The molecule has 1 rings (SSSR count). The van der Waals surface area contributed by atoms with Crippen LogP contribution in [0.25, 0.3) is 0 Å². The van der Waals surface area contributed by atoms with Gasteiger partial charge in [0.2, 0.25) is 11.8 Å². The number of nitrogens with one attached hydrogen (secondary N) is 2. The molecule has 1 heterocycles. The normalized spacial score (nSPS) is 32.7. The molecule has 1 aliphatic heterocycles. The molecular formula is C27H48N2O4. The lowest BCUT2D eigenvalue weighted by Crippen LogP contribution is -2.55. The minimum Gasteiger partial charge on any atom is -0.461 e. The van der Waals surface area contributed by atoms with Gasteiger partial charge >= 0.3 is 5.97 Å². The Bertz CT molecular complexity index is 688. The van der Waals surface area contributed by atoms with Gasteiger partial charge in [0.25, 0.3) is 0 Å². The highest BCUT2D eigenvalue weighted by molar-refractivity contribution is 5.97. The summed E-state index contributed by atoms with van der Waals surface area (Å²) in [6, 6.07) is -1.47. The Kier molecular flexibility index (Phi) is 12.2. The third kappa shape index (κ3) is 9.89. The molecule has 6 nitrogen and oxygen atoms in total. The maximum Gasteiger partial charge on any atom is 0.329 e. The van der Waals surface area contributed by atoms with E-state index in [-0.39, 0.29) is 35.7 Å². The first-order chi connectivity index (χ1) is 15.3. The van der Waals surface area contributed by atoms with Gasteiger partial charge in [-0.3, -0.25) is 9.59 Å². The van der Waals surface area contributed by atoms with Crippen molar-refractivity contribution in [1.29, 1.82) is 0 Å². The van der Waals surface area contributed by atoms with Crippen LogP contribution in [0.4, 0.5) is 0 Å². The molecule has 0 saturated carbocycles. The summed E-state index contributed by atoms with van der Waals surface area (Å²) in [5.74, 6) is 0.139. The van der Waals surface area contributed by atoms with E-state index >= 15 is 0 Å². The first-order valence-electron chi connectivity index (χ1n) is 12.9. The molecule has 0 aliphatic carbocycles. The van der Waals surface area contributed by atoms with E-state index in [9.17, 15) is 14.4 Å². The van der Waals surface area contributed by atoms with Crippen LogP contribution in [0.15, 0.2) is 11.6 Å². The van der Waals surface area contributed by atoms with Crippen molar-refractivity contribution in [3.05, 3.63) is 11.6 Å². The van der Waals surface area contributed by atoms with Crippen molar-refractivity contribution >= 4 is 17.8 Å². The van der Waals surface area contributed by atoms with Crippen molar-refractivity contribution in [2.75, 3.05) is 0 Å². The van der Waals surface area contributed by atoms with Gasteiger partial charge in [0.05, 0.1) is 6.10 Å². The number of cyclic esters (lactones) is 1. The highest BCUT2D eigenvalue weighted by Gasteiger charge is 2.33. The largest absolute Gasteiger partial charge is 0.461 e. The molecule has 7 unspecified atom stereocenters. The molecule has 0 aromatic rings. The van der Waals surface area contributed by atoms with E-state index < -0.39 is 18.1 Å². The van der Waals surface area contributed by atoms with Crippen LogP contribution >= 0.6 is 0 Å². The summed E-state index contributed by atoms with van der Waals surface area (Å²) in [6.45, 7) is 18.1. The van der Waals surface area contributed by atoms with Gasteiger partial charge in [-0.05, 0) is 69.1 Å². The van der Waals surface area contributed by atoms with Crippen LogP contribution in [0.5, 0.6) is 0 Å². The Balaban J connectivity index is 3.22. The number of hydrogen-bond acceptors (Lipinski definition) is 4. The Labute approximate surface area is 201 Å². The van der Waals surface area contributed by atoms with E-state index in [2.05, 4.69) is 31.4 Å². The monoisotopic (exact) mass is 464 g/mol. The molecule has 1 aliphatic rings. The zero-order valence-corrected chi connectivity index (χ0v) is 22.4. The van der Waals surface area contributed by atoms with E-state index in [0.29, 0.717) is 17.4 Å².